The van der Waals surface area contributed by atoms with Crippen LogP contribution in [-0.2, 0) is 15.4 Å². The number of anilines is 2. The third-order valence-corrected chi connectivity index (χ3v) is 5.84. The van der Waals surface area contributed by atoms with E-state index in [9.17, 15) is 13.2 Å². The van der Waals surface area contributed by atoms with E-state index in [1.807, 2.05) is 50.2 Å². The van der Waals surface area contributed by atoms with Crippen LogP contribution < -0.4 is 20.1 Å². The van der Waals surface area contributed by atoms with Crippen LogP contribution in [0, 0.1) is 0 Å². The number of carbonyl (C=O) groups excluding carboxylic acids is 1. The molecule has 3 rings (SSSR count). The molecule has 0 spiro atoms. The van der Waals surface area contributed by atoms with E-state index in [0.29, 0.717) is 11.4 Å². The maximum Gasteiger partial charge on any atom is 0.319 e. The minimum atomic E-state index is -3.35. The molecule has 34 heavy (non-hydrogen) atoms. The number of nitrogens with one attached hydrogen (secondary N) is 3. The number of hydrogen-bond acceptors (Lipinski definition) is 4. The first-order chi connectivity index (χ1) is 15.8. The Morgan fingerprint density at radius 2 is 1.59 bits per heavy atom. The molecule has 0 atom stereocenters. The molecule has 3 aromatic carbocycles. The Bertz CT molecular complexity index is 1330. The van der Waals surface area contributed by atoms with Crippen molar-refractivity contribution in [3.8, 4) is 16.9 Å². The lowest BCUT2D eigenvalue weighted by atomic mass is 9.83. The van der Waals surface area contributed by atoms with Gasteiger partial charge in [-0.25, -0.2) is 13.2 Å². The molecule has 0 heterocycles. The van der Waals surface area contributed by atoms with Gasteiger partial charge in [-0.2, -0.15) is 0 Å². The van der Waals surface area contributed by atoms with E-state index in [4.69, 9.17) is 4.74 Å². The van der Waals surface area contributed by atoms with Crippen LogP contribution in [0.5, 0.6) is 5.75 Å². The average molecular weight is 484 g/mol. The van der Waals surface area contributed by atoms with Crippen LogP contribution in [0.15, 0.2) is 48.5 Å². The number of urea groups is 1. The van der Waals surface area contributed by atoms with Gasteiger partial charge in [-0.05, 0) is 65.9 Å². The Morgan fingerprint density at radius 1 is 0.941 bits per heavy atom. The van der Waals surface area contributed by atoms with E-state index in [0.717, 1.165) is 39.5 Å². The Labute approximate surface area is 202 Å². The van der Waals surface area contributed by atoms with Crippen molar-refractivity contribution >= 4 is 38.2 Å². The van der Waals surface area contributed by atoms with Crippen molar-refractivity contribution in [3.63, 3.8) is 0 Å². The lowest BCUT2D eigenvalue weighted by Gasteiger charge is -2.26. The number of rotatable bonds is 6. The van der Waals surface area contributed by atoms with E-state index in [2.05, 4.69) is 36.1 Å². The molecular formula is C26H33N3O4S. The monoisotopic (exact) mass is 483 g/mol. The first-order valence-corrected chi connectivity index (χ1v) is 13.0. The Morgan fingerprint density at radius 3 is 2.18 bits per heavy atom. The molecule has 0 aliphatic heterocycles. The number of methoxy groups -OCH3 is 1. The molecule has 0 aromatic heterocycles. The normalized spacial score (nSPS) is 12.0. The highest BCUT2D eigenvalue weighted by atomic mass is 32.2. The van der Waals surface area contributed by atoms with E-state index in [-0.39, 0.29) is 17.5 Å². The average Bonchev–Trinajstić information content (AvgIpc) is 2.70. The maximum absolute atomic E-state index is 12.4. The molecule has 3 N–H and O–H groups in total. The molecular weight excluding hydrogens is 450 g/mol. The fraction of sp³-hybridized carbons (Fsp3) is 0.346. The molecule has 7 nitrogen and oxygen atoms in total. The summed E-state index contributed by atoms with van der Waals surface area (Å²) >= 11 is 0. The van der Waals surface area contributed by atoms with Crippen LogP contribution >= 0.6 is 0 Å². The number of carbonyl (C=O) groups is 1. The maximum atomic E-state index is 12.4. The van der Waals surface area contributed by atoms with Gasteiger partial charge >= 0.3 is 6.03 Å². The summed E-state index contributed by atoms with van der Waals surface area (Å²) in [7, 11) is -1.70. The van der Waals surface area contributed by atoms with E-state index in [1.165, 1.54) is 0 Å². The number of hydrogen-bond donors (Lipinski definition) is 3. The van der Waals surface area contributed by atoms with E-state index < -0.39 is 10.0 Å². The standard InChI is InChI=1S/C26H33N3O4S/c1-16(2)27-25(30)28-21-14-22(24(33-6)23(15-21)26(3,4)5)19-9-8-18-13-20(29-34(7,31)32)11-10-17(18)12-19/h8-16,29H,1-7H3,(H2,27,28,30). The second-order valence-electron chi connectivity index (χ2n) is 9.76. The summed E-state index contributed by atoms with van der Waals surface area (Å²) in [6.07, 6.45) is 1.13. The zero-order valence-electron chi connectivity index (χ0n) is 20.7. The first-order valence-electron chi connectivity index (χ1n) is 11.1. The van der Waals surface area contributed by atoms with Crippen molar-refractivity contribution in [2.75, 3.05) is 23.4 Å². The largest absolute Gasteiger partial charge is 0.496 e. The van der Waals surface area contributed by atoms with Gasteiger partial charge in [0.2, 0.25) is 10.0 Å². The van der Waals surface area contributed by atoms with Crippen LogP contribution in [-0.4, -0.2) is 33.9 Å². The van der Waals surface area contributed by atoms with Gasteiger partial charge in [0, 0.05) is 28.5 Å². The van der Waals surface area contributed by atoms with Gasteiger partial charge in [-0.3, -0.25) is 4.72 Å². The summed E-state index contributed by atoms with van der Waals surface area (Å²) in [5.41, 5.74) is 3.71. The summed E-state index contributed by atoms with van der Waals surface area (Å²) in [6, 6.07) is 15.0. The van der Waals surface area contributed by atoms with Crippen LogP contribution in [0.1, 0.15) is 40.2 Å². The number of benzene rings is 3. The van der Waals surface area contributed by atoms with Crippen molar-refractivity contribution in [2.24, 2.45) is 0 Å². The molecule has 2 amide bonds. The second kappa shape index (κ2) is 9.54. The highest BCUT2D eigenvalue weighted by Gasteiger charge is 2.24. The molecule has 0 aliphatic rings. The van der Waals surface area contributed by atoms with E-state index >= 15 is 0 Å². The predicted octanol–water partition coefficient (Wildman–Crippen LogP) is 5.71. The van der Waals surface area contributed by atoms with Crippen molar-refractivity contribution in [3.05, 3.63) is 54.1 Å². The Hall–Kier alpha value is -3.26. The van der Waals surface area contributed by atoms with Gasteiger partial charge in [0.1, 0.15) is 5.75 Å². The summed E-state index contributed by atoms with van der Waals surface area (Å²) in [5.74, 6) is 0.747. The zero-order chi connectivity index (χ0) is 25.3. The van der Waals surface area contributed by atoms with Gasteiger partial charge in [-0.1, -0.05) is 39.0 Å². The fourth-order valence-electron chi connectivity index (χ4n) is 3.81. The lowest BCUT2D eigenvalue weighted by molar-refractivity contribution is 0.250. The molecule has 0 unspecified atom stereocenters. The summed E-state index contributed by atoms with van der Waals surface area (Å²) in [5, 5.41) is 7.65. The smallest absolute Gasteiger partial charge is 0.319 e. The third-order valence-electron chi connectivity index (χ3n) is 5.23. The molecule has 0 aliphatic carbocycles. The Kier molecular flexibility index (Phi) is 7.12. The van der Waals surface area contributed by atoms with Gasteiger partial charge in [0.05, 0.1) is 13.4 Å². The molecule has 0 fully saturated rings. The topological polar surface area (TPSA) is 96.5 Å². The van der Waals surface area contributed by atoms with Gasteiger partial charge in [-0.15, -0.1) is 0 Å². The molecule has 0 radical (unpaired) electrons. The van der Waals surface area contributed by atoms with Crippen molar-refractivity contribution in [2.45, 2.75) is 46.1 Å². The predicted molar refractivity (Wildman–Crippen MR) is 140 cm³/mol. The first kappa shape index (κ1) is 25.4. The third kappa shape index (κ3) is 6.20. The number of fused-ring (bicyclic) bond motifs is 1. The van der Waals surface area contributed by atoms with Gasteiger partial charge < -0.3 is 15.4 Å². The number of amides is 2. The Balaban J connectivity index is 2.13. The van der Waals surface area contributed by atoms with Crippen molar-refractivity contribution in [1.29, 1.82) is 0 Å². The minimum Gasteiger partial charge on any atom is -0.496 e. The number of sulfonamides is 1. The highest BCUT2D eigenvalue weighted by Crippen LogP contribution is 2.42. The van der Waals surface area contributed by atoms with Crippen LogP contribution in [0.25, 0.3) is 21.9 Å². The number of ether oxygens (including phenoxy) is 1. The lowest BCUT2D eigenvalue weighted by Crippen LogP contribution is -2.34. The van der Waals surface area contributed by atoms with Crippen LogP contribution in [0.3, 0.4) is 0 Å². The molecule has 3 aromatic rings. The molecule has 182 valence electrons. The van der Waals surface area contributed by atoms with Crippen molar-refractivity contribution in [1.82, 2.24) is 5.32 Å². The molecule has 0 saturated carbocycles. The molecule has 0 bridgehead atoms. The summed E-state index contributed by atoms with van der Waals surface area (Å²) in [6.45, 7) is 10.1. The second-order valence-corrected chi connectivity index (χ2v) is 11.5. The van der Waals surface area contributed by atoms with Crippen molar-refractivity contribution < 1.29 is 17.9 Å². The molecule has 0 saturated heterocycles. The summed E-state index contributed by atoms with van der Waals surface area (Å²) < 4.78 is 31.5. The fourth-order valence-corrected chi connectivity index (χ4v) is 4.37. The van der Waals surface area contributed by atoms with Gasteiger partial charge in [0.15, 0.2) is 0 Å². The van der Waals surface area contributed by atoms with Crippen LogP contribution in [0.2, 0.25) is 0 Å². The van der Waals surface area contributed by atoms with Crippen LogP contribution in [0.4, 0.5) is 16.2 Å². The van der Waals surface area contributed by atoms with Gasteiger partial charge in [0.25, 0.3) is 0 Å². The van der Waals surface area contributed by atoms with E-state index in [1.54, 1.807) is 19.2 Å². The summed E-state index contributed by atoms with van der Waals surface area (Å²) in [4.78, 5) is 12.4. The SMILES string of the molecule is COc1c(-c2ccc3cc(NS(C)(=O)=O)ccc3c2)cc(NC(=O)NC(C)C)cc1C(C)(C)C. The highest BCUT2D eigenvalue weighted by molar-refractivity contribution is 7.92. The zero-order valence-corrected chi connectivity index (χ0v) is 21.6. The quantitative estimate of drug-likeness (QED) is 0.418. The molecule has 8 heteroatoms. The minimum absolute atomic E-state index is 0.0161.